The van der Waals surface area contributed by atoms with Crippen molar-refractivity contribution in [3.8, 4) is 11.1 Å². The van der Waals surface area contributed by atoms with Gasteiger partial charge in [-0.15, -0.1) is 0 Å². The Labute approximate surface area is 306 Å². The molecule has 52 heavy (non-hydrogen) atoms. The minimum atomic E-state index is -1.86. The van der Waals surface area contributed by atoms with E-state index in [2.05, 4.69) is 21.3 Å². The first kappa shape index (κ1) is 41.4. The van der Waals surface area contributed by atoms with Gasteiger partial charge in [-0.1, -0.05) is 119 Å². The molecule has 0 aliphatic carbocycles. The molecule has 3 rings (SSSR count). The maximum Gasteiger partial charge on any atom is 0.408 e. The van der Waals surface area contributed by atoms with E-state index in [1.807, 2.05) is 79.7 Å². The Bertz CT molecular complexity index is 1620. The summed E-state index contributed by atoms with van der Waals surface area (Å²) < 4.78 is 5.22. The van der Waals surface area contributed by atoms with Crippen LogP contribution in [-0.2, 0) is 36.9 Å². The number of alkyl carbamates (subject to hydrolysis) is 1. The van der Waals surface area contributed by atoms with E-state index in [0.29, 0.717) is 12.0 Å². The maximum absolute atomic E-state index is 14.3. The summed E-state index contributed by atoms with van der Waals surface area (Å²) in [5.74, 6) is -3.91. The summed E-state index contributed by atoms with van der Waals surface area (Å²) in [5, 5.41) is 21.0. The van der Waals surface area contributed by atoms with Crippen molar-refractivity contribution in [3.63, 3.8) is 0 Å². The van der Waals surface area contributed by atoms with E-state index < -0.39 is 65.8 Å². The van der Waals surface area contributed by atoms with Crippen molar-refractivity contribution in [2.75, 3.05) is 13.2 Å². The van der Waals surface area contributed by atoms with E-state index in [1.165, 1.54) is 6.92 Å². The predicted octanol–water partition coefficient (Wildman–Crippen LogP) is 4.00. The van der Waals surface area contributed by atoms with Crippen LogP contribution >= 0.6 is 0 Å². The van der Waals surface area contributed by atoms with Crippen LogP contribution in [-0.4, -0.2) is 65.6 Å². The molecule has 0 fully saturated rings. The molecule has 0 spiro atoms. The van der Waals surface area contributed by atoms with E-state index in [-0.39, 0.29) is 26.0 Å². The molecule has 0 radical (unpaired) electrons. The lowest BCUT2D eigenvalue weighted by molar-refractivity contribution is -0.137. The van der Waals surface area contributed by atoms with Gasteiger partial charge in [0.15, 0.2) is 0 Å². The molecule has 7 N–H and O–H groups in total. The summed E-state index contributed by atoms with van der Waals surface area (Å²) >= 11 is 0. The first-order chi connectivity index (χ1) is 24.9. The molecule has 12 nitrogen and oxygen atoms in total. The standard InChI is InChI=1S/C40H53N5O7/c1-5-6-9-22-34(47)44-37(49)35(27(2)3)45-38(50)40(41,23-31-20-14-15-21-33(31)30-18-12-8-13-19-30)32(25-46)24-42-36(48)28(4)43-39(51)52-26-29-16-10-7-11-17-29/h7-8,10-21,27-28,32,35,46H,5-6,9,22-26,41H2,1-4H3,(H,42,48)(H,43,51)(H,45,50)(H,44,47,49)/t28-,32?,35?,40+/m0/s1. The van der Waals surface area contributed by atoms with Crippen molar-refractivity contribution < 1.29 is 33.8 Å². The molecule has 3 aromatic carbocycles. The first-order valence-corrected chi connectivity index (χ1v) is 17.8. The van der Waals surface area contributed by atoms with Gasteiger partial charge in [-0.25, -0.2) is 4.79 Å². The number of aliphatic hydroxyl groups is 1. The highest BCUT2D eigenvalue weighted by Crippen LogP contribution is 2.29. The average molecular weight is 716 g/mol. The normalized spacial score (nSPS) is 13.9. The fraction of sp³-hybridized carbons (Fsp3) is 0.425. The molecule has 0 aromatic heterocycles. The smallest absolute Gasteiger partial charge is 0.408 e. The second kappa shape index (κ2) is 20.7. The highest BCUT2D eigenvalue weighted by atomic mass is 16.5. The Kier molecular flexibility index (Phi) is 16.5. The Morgan fingerprint density at radius 1 is 0.827 bits per heavy atom. The van der Waals surface area contributed by atoms with Crippen LogP contribution in [0.4, 0.5) is 4.79 Å². The van der Waals surface area contributed by atoms with Crippen molar-refractivity contribution >= 4 is 29.7 Å². The summed E-state index contributed by atoms with van der Waals surface area (Å²) in [6.07, 6.45) is 1.71. The second-order valence-corrected chi connectivity index (χ2v) is 13.4. The fourth-order valence-corrected chi connectivity index (χ4v) is 5.72. The summed E-state index contributed by atoms with van der Waals surface area (Å²) in [7, 11) is 0. The summed E-state index contributed by atoms with van der Waals surface area (Å²) in [6, 6.07) is 23.9. The number of unbranched alkanes of at least 4 members (excludes halogenated alkanes) is 2. The van der Waals surface area contributed by atoms with Gasteiger partial charge in [-0.3, -0.25) is 24.5 Å². The zero-order valence-corrected chi connectivity index (χ0v) is 30.5. The Balaban J connectivity index is 1.84. The van der Waals surface area contributed by atoms with Crippen LogP contribution in [0.2, 0.25) is 0 Å². The Morgan fingerprint density at radius 3 is 2.10 bits per heavy atom. The first-order valence-electron chi connectivity index (χ1n) is 17.8. The lowest BCUT2D eigenvalue weighted by Gasteiger charge is -2.37. The molecule has 12 heteroatoms. The van der Waals surface area contributed by atoms with Gasteiger partial charge in [0.1, 0.15) is 24.2 Å². The van der Waals surface area contributed by atoms with Crippen molar-refractivity contribution in [2.24, 2.45) is 17.6 Å². The highest BCUT2D eigenvalue weighted by molar-refractivity contribution is 6.00. The fourth-order valence-electron chi connectivity index (χ4n) is 5.72. The molecule has 0 heterocycles. The highest BCUT2D eigenvalue weighted by Gasteiger charge is 2.44. The molecule has 4 atom stereocenters. The monoisotopic (exact) mass is 715 g/mol. The van der Waals surface area contributed by atoms with E-state index in [4.69, 9.17) is 10.5 Å². The third-order valence-electron chi connectivity index (χ3n) is 8.93. The van der Waals surface area contributed by atoms with Crippen molar-refractivity contribution in [1.29, 1.82) is 0 Å². The van der Waals surface area contributed by atoms with Crippen LogP contribution in [0, 0.1) is 11.8 Å². The van der Waals surface area contributed by atoms with Gasteiger partial charge in [0.25, 0.3) is 0 Å². The van der Waals surface area contributed by atoms with E-state index in [0.717, 1.165) is 29.5 Å². The Morgan fingerprint density at radius 2 is 1.46 bits per heavy atom. The van der Waals surface area contributed by atoms with E-state index in [9.17, 15) is 29.1 Å². The second-order valence-electron chi connectivity index (χ2n) is 13.4. The summed E-state index contributed by atoms with van der Waals surface area (Å²) in [6.45, 7) is 6.12. The number of benzene rings is 3. The number of hydrogen-bond donors (Lipinski definition) is 6. The van der Waals surface area contributed by atoms with Crippen LogP contribution in [0.3, 0.4) is 0 Å². The molecule has 0 saturated carbocycles. The molecule has 5 amide bonds. The van der Waals surface area contributed by atoms with Crippen LogP contribution < -0.4 is 27.0 Å². The zero-order chi connectivity index (χ0) is 38.1. The van der Waals surface area contributed by atoms with Gasteiger partial charge in [0.05, 0.1) is 0 Å². The number of amides is 5. The van der Waals surface area contributed by atoms with Crippen molar-refractivity contribution in [3.05, 3.63) is 96.1 Å². The van der Waals surface area contributed by atoms with Gasteiger partial charge in [-0.2, -0.15) is 0 Å². The average Bonchev–Trinajstić information content (AvgIpc) is 3.13. The minimum absolute atomic E-state index is 0.0191. The van der Waals surface area contributed by atoms with Crippen molar-refractivity contribution in [1.82, 2.24) is 21.3 Å². The van der Waals surface area contributed by atoms with Gasteiger partial charge in [0, 0.05) is 31.9 Å². The third-order valence-corrected chi connectivity index (χ3v) is 8.93. The third kappa shape index (κ3) is 12.3. The van der Waals surface area contributed by atoms with Gasteiger partial charge in [0.2, 0.25) is 23.6 Å². The molecule has 0 bridgehead atoms. The molecular formula is C40H53N5O7. The summed E-state index contributed by atoms with van der Waals surface area (Å²) in [4.78, 5) is 65.7. The number of nitrogens with one attached hydrogen (secondary N) is 4. The van der Waals surface area contributed by atoms with Crippen LogP contribution in [0.15, 0.2) is 84.9 Å². The van der Waals surface area contributed by atoms with Crippen molar-refractivity contribution in [2.45, 2.75) is 84.0 Å². The molecule has 2 unspecified atom stereocenters. The van der Waals surface area contributed by atoms with Crippen LogP contribution in [0.25, 0.3) is 11.1 Å². The number of nitrogens with two attached hydrogens (primary N) is 1. The molecule has 0 aliphatic rings. The van der Waals surface area contributed by atoms with E-state index in [1.54, 1.807) is 26.0 Å². The topological polar surface area (TPSA) is 189 Å². The number of ether oxygens (including phenoxy) is 1. The SMILES string of the molecule is CCCCCC(=O)NC(=O)C(NC(=O)[C@@](N)(Cc1ccccc1-c1ccccc1)C(CO)CNC(=O)[C@H](C)NC(=O)OCc1ccccc1)C(C)C. The summed E-state index contributed by atoms with van der Waals surface area (Å²) in [5.41, 5.74) is 8.34. The molecule has 3 aromatic rings. The number of imide groups is 1. The number of hydrogen-bond acceptors (Lipinski definition) is 8. The quantitative estimate of drug-likeness (QED) is 0.101. The lowest BCUT2D eigenvalue weighted by Crippen LogP contribution is -2.66. The molecule has 0 saturated heterocycles. The van der Waals surface area contributed by atoms with Crippen LogP contribution in [0.1, 0.15) is 64.5 Å². The largest absolute Gasteiger partial charge is 0.445 e. The molecule has 0 aliphatic heterocycles. The van der Waals surface area contributed by atoms with Crippen LogP contribution in [0.5, 0.6) is 0 Å². The number of rotatable bonds is 19. The van der Waals surface area contributed by atoms with Gasteiger partial charge in [-0.05, 0) is 41.5 Å². The van der Waals surface area contributed by atoms with E-state index >= 15 is 0 Å². The predicted molar refractivity (Wildman–Crippen MR) is 199 cm³/mol. The Hall–Kier alpha value is -5.07. The zero-order valence-electron chi connectivity index (χ0n) is 30.5. The maximum atomic E-state index is 14.3. The van der Waals surface area contributed by atoms with Gasteiger partial charge >= 0.3 is 6.09 Å². The molecule has 280 valence electrons. The minimum Gasteiger partial charge on any atom is -0.445 e. The lowest BCUT2D eigenvalue weighted by atomic mass is 9.77. The molecular weight excluding hydrogens is 662 g/mol. The number of aliphatic hydroxyl groups excluding tert-OH is 1. The number of carbonyl (C=O) groups excluding carboxylic acids is 5. The van der Waals surface area contributed by atoms with Gasteiger partial charge < -0.3 is 31.5 Å². The number of carbonyl (C=O) groups is 5.